The minimum Gasteiger partial charge on any atom is -0.373 e. The zero-order valence-corrected chi connectivity index (χ0v) is 11.1. The van der Waals surface area contributed by atoms with Crippen molar-refractivity contribution in [2.45, 2.75) is 33.3 Å². The van der Waals surface area contributed by atoms with Gasteiger partial charge in [-0.1, -0.05) is 30.7 Å². The van der Waals surface area contributed by atoms with Crippen molar-refractivity contribution in [3.63, 3.8) is 0 Å². The summed E-state index contributed by atoms with van der Waals surface area (Å²) >= 11 is 0. The van der Waals surface area contributed by atoms with Crippen molar-refractivity contribution in [3.8, 4) is 0 Å². The van der Waals surface area contributed by atoms with Crippen LogP contribution in [0.15, 0.2) is 18.2 Å². The highest BCUT2D eigenvalue weighted by Crippen LogP contribution is 2.35. The van der Waals surface area contributed by atoms with Gasteiger partial charge in [0, 0.05) is 19.1 Å². The Kier molecular flexibility index (Phi) is 4.19. The molecular formula is C15H23NO. The molecule has 1 aromatic rings. The van der Waals surface area contributed by atoms with Crippen molar-refractivity contribution in [1.29, 1.82) is 0 Å². The van der Waals surface area contributed by atoms with E-state index < -0.39 is 0 Å². The van der Waals surface area contributed by atoms with E-state index in [2.05, 4.69) is 44.3 Å². The average Bonchev–Trinajstić information content (AvgIpc) is 2.74. The van der Waals surface area contributed by atoms with Gasteiger partial charge in [-0.3, -0.25) is 0 Å². The van der Waals surface area contributed by atoms with E-state index in [0.29, 0.717) is 5.92 Å². The van der Waals surface area contributed by atoms with Crippen LogP contribution in [0.4, 0.5) is 0 Å². The van der Waals surface area contributed by atoms with Gasteiger partial charge in [0.1, 0.15) is 0 Å². The van der Waals surface area contributed by atoms with Crippen LogP contribution < -0.4 is 5.32 Å². The molecule has 1 saturated heterocycles. The average molecular weight is 233 g/mol. The SMILES string of the molecule is CCNCC1CCOC1c1ccc(C)cc1C. The summed E-state index contributed by atoms with van der Waals surface area (Å²) in [4.78, 5) is 0. The summed E-state index contributed by atoms with van der Waals surface area (Å²) in [5, 5.41) is 3.44. The standard InChI is InChI=1S/C15H23NO/c1-4-16-10-13-7-8-17-15(13)14-6-5-11(2)9-12(14)3/h5-6,9,13,15-16H,4,7-8,10H2,1-3H3. The van der Waals surface area contributed by atoms with Crippen LogP contribution in [0.2, 0.25) is 0 Å². The lowest BCUT2D eigenvalue weighted by molar-refractivity contribution is 0.0901. The van der Waals surface area contributed by atoms with E-state index in [9.17, 15) is 0 Å². The second-order valence-electron chi connectivity index (χ2n) is 5.01. The quantitative estimate of drug-likeness (QED) is 0.863. The van der Waals surface area contributed by atoms with Gasteiger partial charge >= 0.3 is 0 Å². The van der Waals surface area contributed by atoms with Gasteiger partial charge in [-0.2, -0.15) is 0 Å². The molecule has 2 heteroatoms. The fraction of sp³-hybridized carbons (Fsp3) is 0.600. The summed E-state index contributed by atoms with van der Waals surface area (Å²) in [7, 11) is 0. The van der Waals surface area contributed by atoms with E-state index in [1.807, 2.05) is 0 Å². The first-order valence-corrected chi connectivity index (χ1v) is 6.62. The van der Waals surface area contributed by atoms with Crippen LogP contribution in [0.25, 0.3) is 0 Å². The van der Waals surface area contributed by atoms with Crippen LogP contribution in [0.1, 0.15) is 36.1 Å². The zero-order chi connectivity index (χ0) is 12.3. The predicted molar refractivity (Wildman–Crippen MR) is 71.3 cm³/mol. The second-order valence-corrected chi connectivity index (χ2v) is 5.01. The van der Waals surface area contributed by atoms with Gasteiger partial charge in [0.15, 0.2) is 0 Å². The summed E-state index contributed by atoms with van der Waals surface area (Å²) in [5.41, 5.74) is 4.06. The van der Waals surface area contributed by atoms with E-state index in [1.165, 1.54) is 23.1 Å². The number of aryl methyl sites for hydroxylation is 2. The molecule has 2 atom stereocenters. The van der Waals surface area contributed by atoms with Crippen molar-refractivity contribution in [1.82, 2.24) is 5.32 Å². The molecule has 1 fully saturated rings. The smallest absolute Gasteiger partial charge is 0.0868 e. The molecule has 1 heterocycles. The van der Waals surface area contributed by atoms with Gasteiger partial charge in [0.25, 0.3) is 0 Å². The Hall–Kier alpha value is -0.860. The van der Waals surface area contributed by atoms with Gasteiger partial charge in [-0.05, 0) is 37.9 Å². The molecule has 1 N–H and O–H groups in total. The van der Waals surface area contributed by atoms with Crippen molar-refractivity contribution in [2.24, 2.45) is 5.92 Å². The summed E-state index contributed by atoms with van der Waals surface area (Å²) < 4.78 is 5.93. The lowest BCUT2D eigenvalue weighted by Crippen LogP contribution is -2.24. The minimum absolute atomic E-state index is 0.287. The third-order valence-electron chi connectivity index (χ3n) is 3.60. The molecular weight excluding hydrogens is 210 g/mol. The first kappa shape index (κ1) is 12.6. The molecule has 2 rings (SSSR count). The molecule has 1 aliphatic heterocycles. The maximum Gasteiger partial charge on any atom is 0.0868 e. The van der Waals surface area contributed by atoms with Crippen LogP contribution in [-0.2, 0) is 4.74 Å². The first-order valence-electron chi connectivity index (χ1n) is 6.62. The Morgan fingerprint density at radius 2 is 2.18 bits per heavy atom. The number of rotatable bonds is 4. The molecule has 0 radical (unpaired) electrons. The molecule has 94 valence electrons. The summed E-state index contributed by atoms with van der Waals surface area (Å²) in [5.74, 6) is 0.622. The van der Waals surface area contributed by atoms with Gasteiger partial charge < -0.3 is 10.1 Å². The highest BCUT2D eigenvalue weighted by Gasteiger charge is 2.29. The highest BCUT2D eigenvalue weighted by molar-refractivity contribution is 5.32. The van der Waals surface area contributed by atoms with Gasteiger partial charge in [0.2, 0.25) is 0 Å². The Bertz CT molecular complexity index is 375. The molecule has 0 saturated carbocycles. The van der Waals surface area contributed by atoms with Crippen LogP contribution in [-0.4, -0.2) is 19.7 Å². The van der Waals surface area contributed by atoms with Gasteiger partial charge in [-0.25, -0.2) is 0 Å². The molecule has 1 aromatic carbocycles. The number of nitrogens with one attached hydrogen (secondary N) is 1. The maximum absolute atomic E-state index is 5.93. The zero-order valence-electron chi connectivity index (χ0n) is 11.1. The van der Waals surface area contributed by atoms with Crippen LogP contribution in [0.3, 0.4) is 0 Å². The van der Waals surface area contributed by atoms with Gasteiger partial charge in [-0.15, -0.1) is 0 Å². The molecule has 0 bridgehead atoms. The van der Waals surface area contributed by atoms with E-state index in [-0.39, 0.29) is 6.10 Å². The molecule has 2 nitrogen and oxygen atoms in total. The third kappa shape index (κ3) is 2.88. The summed E-state index contributed by atoms with van der Waals surface area (Å²) in [6.07, 6.45) is 1.46. The molecule has 0 aromatic heterocycles. The van der Waals surface area contributed by atoms with E-state index in [4.69, 9.17) is 4.74 Å². The Balaban J connectivity index is 2.14. The Morgan fingerprint density at radius 3 is 2.88 bits per heavy atom. The van der Waals surface area contributed by atoms with E-state index in [1.54, 1.807) is 0 Å². The number of hydrogen-bond acceptors (Lipinski definition) is 2. The summed E-state index contributed by atoms with van der Waals surface area (Å²) in [6.45, 7) is 9.48. The molecule has 2 unspecified atom stereocenters. The number of hydrogen-bond donors (Lipinski definition) is 1. The lowest BCUT2D eigenvalue weighted by Gasteiger charge is -2.21. The number of ether oxygens (including phenoxy) is 1. The summed E-state index contributed by atoms with van der Waals surface area (Å²) in [6, 6.07) is 6.68. The largest absolute Gasteiger partial charge is 0.373 e. The molecule has 1 aliphatic rings. The van der Waals surface area contributed by atoms with Crippen LogP contribution in [0.5, 0.6) is 0 Å². The van der Waals surface area contributed by atoms with E-state index >= 15 is 0 Å². The minimum atomic E-state index is 0.287. The second kappa shape index (κ2) is 5.65. The van der Waals surface area contributed by atoms with E-state index in [0.717, 1.165) is 19.7 Å². The van der Waals surface area contributed by atoms with Crippen LogP contribution in [0, 0.1) is 19.8 Å². The van der Waals surface area contributed by atoms with Crippen molar-refractivity contribution in [3.05, 3.63) is 34.9 Å². The highest BCUT2D eigenvalue weighted by atomic mass is 16.5. The molecule has 0 amide bonds. The number of benzene rings is 1. The third-order valence-corrected chi connectivity index (χ3v) is 3.60. The molecule has 0 spiro atoms. The predicted octanol–water partition coefficient (Wildman–Crippen LogP) is 2.99. The first-order chi connectivity index (χ1) is 8.22. The van der Waals surface area contributed by atoms with Crippen molar-refractivity contribution < 1.29 is 4.74 Å². The monoisotopic (exact) mass is 233 g/mol. The molecule has 0 aliphatic carbocycles. The molecule has 17 heavy (non-hydrogen) atoms. The van der Waals surface area contributed by atoms with Gasteiger partial charge in [0.05, 0.1) is 6.10 Å². The Morgan fingerprint density at radius 1 is 1.35 bits per heavy atom. The topological polar surface area (TPSA) is 21.3 Å². The van der Waals surface area contributed by atoms with Crippen LogP contribution >= 0.6 is 0 Å². The Labute approximate surface area is 104 Å². The normalized spacial score (nSPS) is 24.2. The van der Waals surface area contributed by atoms with Crippen molar-refractivity contribution in [2.75, 3.05) is 19.7 Å². The lowest BCUT2D eigenvalue weighted by atomic mass is 9.91. The fourth-order valence-electron chi connectivity index (χ4n) is 2.66. The van der Waals surface area contributed by atoms with Crippen molar-refractivity contribution >= 4 is 0 Å². The fourth-order valence-corrected chi connectivity index (χ4v) is 2.66. The maximum atomic E-state index is 5.93.